The fraction of sp³-hybridized carbons (Fsp3) is 0.0909. The lowest BCUT2D eigenvalue weighted by Crippen LogP contribution is -2.30. The molecule has 0 atom stereocenters. The summed E-state index contributed by atoms with van der Waals surface area (Å²) < 4.78 is 2.14. The Hall–Kier alpha value is -3.23. The number of thioether (sulfide) groups is 1. The van der Waals surface area contributed by atoms with Crippen molar-refractivity contribution in [3.05, 3.63) is 77.3 Å². The van der Waals surface area contributed by atoms with E-state index in [1.54, 1.807) is 10.8 Å². The Kier molecular flexibility index (Phi) is 5.78. The lowest BCUT2D eigenvalue weighted by Gasteiger charge is -2.12. The van der Waals surface area contributed by atoms with Crippen molar-refractivity contribution in [1.82, 2.24) is 14.7 Å². The van der Waals surface area contributed by atoms with Gasteiger partial charge in [-0.2, -0.15) is 5.10 Å². The van der Waals surface area contributed by atoms with Gasteiger partial charge in [-0.05, 0) is 18.2 Å². The van der Waals surface area contributed by atoms with E-state index >= 15 is 0 Å². The molecular weight excluding hydrogens is 418 g/mol. The molecular formula is C22H17N3O3S2. The highest BCUT2D eigenvalue weighted by Gasteiger charge is 2.32. The molecule has 1 saturated heterocycles. The quantitative estimate of drug-likeness (QED) is 0.462. The molecule has 2 aromatic carbocycles. The number of carbonyl (C=O) groups excluding carboxylic acids is 1. The topological polar surface area (TPSA) is 75.4 Å². The molecule has 0 saturated carbocycles. The maximum absolute atomic E-state index is 12.8. The molecule has 1 amide bonds. The maximum Gasteiger partial charge on any atom is 0.305 e. The molecule has 1 fully saturated rings. The van der Waals surface area contributed by atoms with Gasteiger partial charge in [-0.15, -0.1) is 0 Å². The number of amides is 1. The first kappa shape index (κ1) is 20.1. The third-order valence-corrected chi connectivity index (χ3v) is 5.90. The fourth-order valence-corrected chi connectivity index (χ4v) is 4.37. The molecule has 1 aromatic heterocycles. The Morgan fingerprint density at radius 2 is 1.77 bits per heavy atom. The normalized spacial score (nSPS) is 15.2. The van der Waals surface area contributed by atoms with Crippen molar-refractivity contribution in [1.29, 1.82) is 0 Å². The molecule has 150 valence electrons. The summed E-state index contributed by atoms with van der Waals surface area (Å²) in [5, 5.41) is 13.6. The van der Waals surface area contributed by atoms with Gasteiger partial charge in [-0.3, -0.25) is 14.5 Å². The summed E-state index contributed by atoms with van der Waals surface area (Å²) in [5.74, 6) is -1.25. The lowest BCUT2D eigenvalue weighted by atomic mass is 10.1. The molecule has 0 spiro atoms. The second-order valence-electron chi connectivity index (χ2n) is 6.56. The van der Waals surface area contributed by atoms with Crippen LogP contribution >= 0.6 is 24.0 Å². The van der Waals surface area contributed by atoms with Crippen LogP contribution in [-0.2, 0) is 9.59 Å². The predicted octanol–water partition coefficient (Wildman–Crippen LogP) is 4.22. The number of hydrogen-bond acceptors (Lipinski definition) is 5. The van der Waals surface area contributed by atoms with E-state index in [1.807, 2.05) is 66.9 Å². The standard InChI is InChI=1S/C22H17N3O3S2/c26-19(27)11-12-24-21(28)18(30-22(24)29)13-16-14-25(17-9-5-2-6-10-17)23-20(16)15-7-3-1-4-8-15/h1-10,13-14H,11-12H2,(H,26,27)/b18-13+. The number of aromatic nitrogens is 2. The third-order valence-electron chi connectivity index (χ3n) is 4.52. The number of carboxylic acids is 1. The SMILES string of the molecule is O=C(O)CCN1C(=O)/C(=C\c2cn(-c3ccccc3)nc2-c2ccccc2)SC1=S. The van der Waals surface area contributed by atoms with E-state index in [-0.39, 0.29) is 18.9 Å². The number of aliphatic carboxylic acids is 1. The maximum atomic E-state index is 12.8. The second-order valence-corrected chi connectivity index (χ2v) is 8.23. The molecule has 0 unspecified atom stereocenters. The van der Waals surface area contributed by atoms with Crippen LogP contribution in [-0.4, -0.2) is 42.5 Å². The predicted molar refractivity (Wildman–Crippen MR) is 121 cm³/mol. The first-order chi connectivity index (χ1) is 14.5. The molecule has 8 heteroatoms. The van der Waals surface area contributed by atoms with Gasteiger partial charge >= 0.3 is 5.97 Å². The van der Waals surface area contributed by atoms with E-state index in [1.165, 1.54) is 16.7 Å². The molecule has 1 N–H and O–H groups in total. The van der Waals surface area contributed by atoms with E-state index in [0.29, 0.717) is 9.23 Å². The summed E-state index contributed by atoms with van der Waals surface area (Å²) in [6.45, 7) is 0.0617. The molecule has 0 bridgehead atoms. The first-order valence-electron chi connectivity index (χ1n) is 9.20. The smallest absolute Gasteiger partial charge is 0.305 e. The van der Waals surface area contributed by atoms with E-state index in [4.69, 9.17) is 22.4 Å². The van der Waals surface area contributed by atoms with Crippen molar-refractivity contribution < 1.29 is 14.7 Å². The van der Waals surface area contributed by atoms with Crippen LogP contribution in [0.15, 0.2) is 71.8 Å². The number of para-hydroxylation sites is 1. The van der Waals surface area contributed by atoms with Crippen molar-refractivity contribution in [2.45, 2.75) is 6.42 Å². The number of thiocarbonyl (C=S) groups is 1. The number of carboxylic acid groups (broad SMARTS) is 1. The number of benzene rings is 2. The summed E-state index contributed by atoms with van der Waals surface area (Å²) in [5.41, 5.74) is 3.36. The van der Waals surface area contributed by atoms with Gasteiger partial charge in [0, 0.05) is 23.9 Å². The number of nitrogens with zero attached hydrogens (tertiary/aromatic N) is 3. The van der Waals surface area contributed by atoms with Crippen LogP contribution in [0.25, 0.3) is 23.0 Å². The monoisotopic (exact) mass is 435 g/mol. The Balaban J connectivity index is 1.73. The Morgan fingerprint density at radius 1 is 1.10 bits per heavy atom. The Morgan fingerprint density at radius 3 is 2.43 bits per heavy atom. The van der Waals surface area contributed by atoms with Gasteiger partial charge in [0.25, 0.3) is 5.91 Å². The van der Waals surface area contributed by atoms with Crippen molar-refractivity contribution in [3.8, 4) is 16.9 Å². The highest BCUT2D eigenvalue weighted by molar-refractivity contribution is 8.26. The Bertz CT molecular complexity index is 1140. The summed E-state index contributed by atoms with van der Waals surface area (Å²) >= 11 is 6.46. The van der Waals surface area contributed by atoms with Crippen LogP contribution < -0.4 is 0 Å². The molecule has 1 aliphatic rings. The van der Waals surface area contributed by atoms with Crippen molar-refractivity contribution in [2.75, 3.05) is 6.54 Å². The zero-order valence-corrected chi connectivity index (χ0v) is 17.4. The first-order valence-corrected chi connectivity index (χ1v) is 10.4. The average Bonchev–Trinajstić information content (AvgIpc) is 3.29. The van der Waals surface area contributed by atoms with Crippen molar-refractivity contribution in [3.63, 3.8) is 0 Å². The summed E-state index contributed by atoms with van der Waals surface area (Å²) in [4.78, 5) is 25.4. The zero-order valence-electron chi connectivity index (χ0n) is 15.8. The number of carbonyl (C=O) groups is 2. The largest absolute Gasteiger partial charge is 0.481 e. The molecule has 6 nitrogen and oxygen atoms in total. The molecule has 0 radical (unpaired) electrons. The molecule has 0 aliphatic carbocycles. The van der Waals surface area contributed by atoms with E-state index in [9.17, 15) is 9.59 Å². The van der Waals surface area contributed by atoms with Crippen LogP contribution in [0.5, 0.6) is 0 Å². The van der Waals surface area contributed by atoms with Gasteiger partial charge in [0.05, 0.1) is 22.7 Å². The van der Waals surface area contributed by atoms with E-state index in [0.717, 1.165) is 22.5 Å². The molecule has 30 heavy (non-hydrogen) atoms. The van der Waals surface area contributed by atoms with Crippen LogP contribution in [0, 0.1) is 0 Å². The minimum Gasteiger partial charge on any atom is -0.481 e. The summed E-state index contributed by atoms with van der Waals surface area (Å²) in [6.07, 6.45) is 3.50. The zero-order chi connectivity index (χ0) is 21.1. The minimum absolute atomic E-state index is 0.0617. The third kappa shape index (κ3) is 4.19. The van der Waals surface area contributed by atoms with Crippen LogP contribution in [0.1, 0.15) is 12.0 Å². The number of hydrogen-bond donors (Lipinski definition) is 1. The second kappa shape index (κ2) is 8.64. The van der Waals surface area contributed by atoms with Crippen molar-refractivity contribution >= 4 is 46.3 Å². The van der Waals surface area contributed by atoms with E-state index in [2.05, 4.69) is 0 Å². The van der Waals surface area contributed by atoms with E-state index < -0.39 is 5.97 Å². The Labute approximate surface area is 182 Å². The van der Waals surface area contributed by atoms with Gasteiger partial charge in [0.15, 0.2) is 0 Å². The van der Waals surface area contributed by atoms with Gasteiger partial charge in [0.1, 0.15) is 4.32 Å². The molecule has 3 aromatic rings. The highest BCUT2D eigenvalue weighted by atomic mass is 32.2. The van der Waals surface area contributed by atoms with Crippen molar-refractivity contribution in [2.24, 2.45) is 0 Å². The van der Waals surface area contributed by atoms with Gasteiger partial charge in [-0.25, -0.2) is 4.68 Å². The minimum atomic E-state index is -0.969. The fourth-order valence-electron chi connectivity index (χ4n) is 3.07. The molecule has 4 rings (SSSR count). The molecule has 2 heterocycles. The summed E-state index contributed by atoms with van der Waals surface area (Å²) in [6, 6.07) is 19.5. The van der Waals surface area contributed by atoms with Gasteiger partial charge in [-0.1, -0.05) is 72.5 Å². The van der Waals surface area contributed by atoms with Crippen LogP contribution in [0.2, 0.25) is 0 Å². The number of rotatable bonds is 6. The summed E-state index contributed by atoms with van der Waals surface area (Å²) in [7, 11) is 0. The highest BCUT2D eigenvalue weighted by Crippen LogP contribution is 2.34. The lowest BCUT2D eigenvalue weighted by molar-refractivity contribution is -0.137. The average molecular weight is 436 g/mol. The van der Waals surface area contributed by atoms with Gasteiger partial charge in [0.2, 0.25) is 0 Å². The molecule has 1 aliphatic heterocycles. The van der Waals surface area contributed by atoms with Gasteiger partial charge < -0.3 is 5.11 Å². The van der Waals surface area contributed by atoms with Crippen LogP contribution in [0.3, 0.4) is 0 Å². The van der Waals surface area contributed by atoms with Crippen LogP contribution in [0.4, 0.5) is 0 Å².